The fraction of sp³-hybridized carbons (Fsp3) is 0.417. The highest BCUT2D eigenvalue weighted by molar-refractivity contribution is 6.35. The van der Waals surface area contributed by atoms with Crippen LogP contribution in [0.15, 0.2) is 42.6 Å². The monoisotopic (exact) mass is 461 g/mol. The number of benzene rings is 2. The van der Waals surface area contributed by atoms with Gasteiger partial charge in [0.25, 0.3) is 0 Å². The third kappa shape index (κ3) is 3.83. The van der Waals surface area contributed by atoms with Crippen molar-refractivity contribution in [3.8, 4) is 0 Å². The zero-order valence-electron chi connectivity index (χ0n) is 17.2. The number of aromatic nitrogens is 1. The minimum Gasteiger partial charge on any atom is -0.394 e. The Kier molecular flexibility index (Phi) is 5.73. The van der Waals surface area contributed by atoms with Gasteiger partial charge in [-0.25, -0.2) is 4.39 Å². The van der Waals surface area contributed by atoms with Crippen molar-refractivity contribution in [2.75, 3.05) is 6.61 Å². The molecule has 1 saturated heterocycles. The minimum absolute atomic E-state index is 0.230. The van der Waals surface area contributed by atoms with Crippen molar-refractivity contribution in [2.24, 2.45) is 0 Å². The second-order valence-electron chi connectivity index (χ2n) is 8.76. The number of aliphatic hydroxyl groups is 4. The van der Waals surface area contributed by atoms with Crippen molar-refractivity contribution in [2.45, 2.75) is 55.8 Å². The molecule has 0 spiro atoms. The zero-order valence-corrected chi connectivity index (χ0v) is 18.0. The summed E-state index contributed by atoms with van der Waals surface area (Å²) in [4.78, 5) is 0. The molecule has 1 aliphatic heterocycles. The summed E-state index contributed by atoms with van der Waals surface area (Å²) in [6, 6.07) is 10.9. The van der Waals surface area contributed by atoms with Crippen molar-refractivity contribution in [1.82, 2.24) is 4.57 Å². The first kappa shape index (κ1) is 21.8. The van der Waals surface area contributed by atoms with E-state index in [-0.39, 0.29) is 5.02 Å². The fourth-order valence-electron chi connectivity index (χ4n) is 4.58. The molecule has 6 nitrogen and oxygen atoms in total. The van der Waals surface area contributed by atoms with Gasteiger partial charge < -0.3 is 29.7 Å². The Morgan fingerprint density at radius 3 is 2.41 bits per heavy atom. The molecular formula is C24H25ClFNO5. The quantitative estimate of drug-likeness (QED) is 0.468. The molecule has 0 amide bonds. The Morgan fingerprint density at radius 2 is 1.75 bits per heavy atom. The first-order chi connectivity index (χ1) is 15.4. The van der Waals surface area contributed by atoms with Crippen LogP contribution in [0.4, 0.5) is 4.39 Å². The van der Waals surface area contributed by atoms with Gasteiger partial charge in [-0.05, 0) is 54.0 Å². The number of nitrogens with zero attached hydrogens (tertiary/aromatic N) is 1. The van der Waals surface area contributed by atoms with Crippen molar-refractivity contribution in [3.05, 3.63) is 70.1 Å². The second-order valence-corrected chi connectivity index (χ2v) is 9.16. The molecule has 2 aromatic carbocycles. The van der Waals surface area contributed by atoms with Crippen LogP contribution >= 0.6 is 11.6 Å². The van der Waals surface area contributed by atoms with Crippen molar-refractivity contribution in [3.63, 3.8) is 0 Å². The van der Waals surface area contributed by atoms with Crippen LogP contribution in [0.1, 0.15) is 41.7 Å². The van der Waals surface area contributed by atoms with E-state index in [1.165, 1.54) is 35.1 Å². The maximum atomic E-state index is 14.3. The molecule has 1 aromatic heterocycles. The molecule has 5 rings (SSSR count). The lowest BCUT2D eigenvalue weighted by Crippen LogP contribution is -2.56. The highest BCUT2D eigenvalue weighted by atomic mass is 35.5. The number of hydrogen-bond acceptors (Lipinski definition) is 5. The van der Waals surface area contributed by atoms with Gasteiger partial charge in [0.1, 0.15) is 30.2 Å². The van der Waals surface area contributed by atoms with Gasteiger partial charge in [0, 0.05) is 11.6 Å². The highest BCUT2D eigenvalue weighted by Crippen LogP contribution is 2.40. The Morgan fingerprint density at radius 1 is 1.03 bits per heavy atom. The summed E-state index contributed by atoms with van der Waals surface area (Å²) in [5.41, 5.74) is 3.59. The average Bonchev–Trinajstić information content (AvgIpc) is 3.56. The van der Waals surface area contributed by atoms with Gasteiger partial charge in [-0.1, -0.05) is 35.9 Å². The maximum Gasteiger partial charge on any atom is 0.163 e. The van der Waals surface area contributed by atoms with E-state index in [1.807, 2.05) is 0 Å². The van der Waals surface area contributed by atoms with E-state index in [0.717, 1.165) is 11.1 Å². The Labute approximate surface area is 189 Å². The number of rotatable bonds is 5. The molecule has 170 valence electrons. The number of halogens is 2. The van der Waals surface area contributed by atoms with Gasteiger partial charge in [-0.3, -0.25) is 0 Å². The Bertz CT molecular complexity index is 1130. The van der Waals surface area contributed by atoms with Gasteiger partial charge in [0.15, 0.2) is 6.23 Å². The molecule has 8 heteroatoms. The van der Waals surface area contributed by atoms with Gasteiger partial charge in [-0.15, -0.1) is 0 Å². The standard InChI is InChI=1S/C24H25ClFNO5/c25-17-8-16(26)9-18-20(17)15(7-12-1-3-13(4-2-12)14-5-6-14)10-27(18)24-23(31)22(30)21(29)19(11-28)32-24/h1-4,8-10,14,19,21-24,28-31H,5-7,11H2/t19?,21-,22?,23-,24?/m1/s1. The lowest BCUT2D eigenvalue weighted by Gasteiger charge is -2.40. The third-order valence-electron chi connectivity index (χ3n) is 6.49. The summed E-state index contributed by atoms with van der Waals surface area (Å²) in [5, 5.41) is 41.3. The molecule has 3 aromatic rings. The van der Waals surface area contributed by atoms with Gasteiger partial charge in [-0.2, -0.15) is 0 Å². The van der Waals surface area contributed by atoms with E-state index in [4.69, 9.17) is 16.3 Å². The predicted molar refractivity (Wildman–Crippen MR) is 117 cm³/mol. The molecule has 2 heterocycles. The lowest BCUT2D eigenvalue weighted by atomic mass is 9.98. The molecule has 4 N–H and O–H groups in total. The van der Waals surface area contributed by atoms with Crippen LogP contribution in [0.3, 0.4) is 0 Å². The number of hydrogen-bond donors (Lipinski definition) is 4. The van der Waals surface area contributed by atoms with E-state index >= 15 is 0 Å². The summed E-state index contributed by atoms with van der Waals surface area (Å²) in [5.74, 6) is 0.112. The summed E-state index contributed by atoms with van der Waals surface area (Å²) in [6.07, 6.45) is -2.01. The topological polar surface area (TPSA) is 95.1 Å². The molecule has 3 unspecified atom stereocenters. The molecule has 1 saturated carbocycles. The molecule has 0 radical (unpaired) electrons. The maximum absolute atomic E-state index is 14.3. The van der Waals surface area contributed by atoms with E-state index in [0.29, 0.717) is 23.2 Å². The molecule has 5 atom stereocenters. The van der Waals surface area contributed by atoms with Crippen LogP contribution in [-0.2, 0) is 11.2 Å². The highest BCUT2D eigenvalue weighted by Gasteiger charge is 2.44. The smallest absolute Gasteiger partial charge is 0.163 e. The first-order valence-electron chi connectivity index (χ1n) is 10.7. The van der Waals surface area contributed by atoms with E-state index in [2.05, 4.69) is 24.3 Å². The Balaban J connectivity index is 1.56. The van der Waals surface area contributed by atoms with Crippen molar-refractivity contribution >= 4 is 22.5 Å². The van der Waals surface area contributed by atoms with Crippen LogP contribution in [-0.4, -0.2) is 56.0 Å². The predicted octanol–water partition coefficient (Wildman–Crippen LogP) is 2.87. The van der Waals surface area contributed by atoms with Crippen molar-refractivity contribution in [1.29, 1.82) is 0 Å². The largest absolute Gasteiger partial charge is 0.394 e. The molecule has 0 bridgehead atoms. The van der Waals surface area contributed by atoms with Crippen LogP contribution in [0, 0.1) is 5.82 Å². The first-order valence-corrected chi connectivity index (χ1v) is 11.1. The second kappa shape index (κ2) is 8.41. The molecule has 2 aliphatic rings. The Hall–Kier alpha value is -2.00. The van der Waals surface area contributed by atoms with Crippen LogP contribution in [0.2, 0.25) is 5.02 Å². The van der Waals surface area contributed by atoms with Crippen LogP contribution in [0.25, 0.3) is 10.9 Å². The van der Waals surface area contributed by atoms with Gasteiger partial charge in [0.2, 0.25) is 0 Å². The summed E-state index contributed by atoms with van der Waals surface area (Å²) in [7, 11) is 0. The molecule has 32 heavy (non-hydrogen) atoms. The van der Waals surface area contributed by atoms with E-state index in [9.17, 15) is 24.8 Å². The molecule has 1 aliphatic carbocycles. The van der Waals surface area contributed by atoms with Crippen LogP contribution in [0.5, 0.6) is 0 Å². The molecule has 2 fully saturated rings. The van der Waals surface area contributed by atoms with E-state index in [1.54, 1.807) is 6.20 Å². The number of aliphatic hydroxyl groups excluding tert-OH is 4. The number of fused-ring (bicyclic) bond motifs is 1. The normalized spacial score (nSPS) is 28.4. The van der Waals surface area contributed by atoms with Gasteiger partial charge >= 0.3 is 0 Å². The average molecular weight is 462 g/mol. The van der Waals surface area contributed by atoms with E-state index < -0.39 is 43.1 Å². The fourth-order valence-corrected chi connectivity index (χ4v) is 4.91. The number of ether oxygens (including phenoxy) is 1. The van der Waals surface area contributed by atoms with Crippen molar-refractivity contribution < 1.29 is 29.6 Å². The summed E-state index contributed by atoms with van der Waals surface area (Å²) in [6.45, 7) is -0.546. The summed E-state index contributed by atoms with van der Waals surface area (Å²) >= 11 is 6.42. The third-order valence-corrected chi connectivity index (χ3v) is 6.79. The molecular weight excluding hydrogens is 437 g/mol. The van der Waals surface area contributed by atoms with Gasteiger partial charge in [0.05, 0.1) is 17.1 Å². The minimum atomic E-state index is -1.54. The summed E-state index contributed by atoms with van der Waals surface area (Å²) < 4.78 is 21.5. The van der Waals surface area contributed by atoms with Crippen LogP contribution < -0.4 is 0 Å². The zero-order chi connectivity index (χ0) is 22.6. The lowest BCUT2D eigenvalue weighted by molar-refractivity contribution is -0.250. The SMILES string of the molecule is OCC1OC(n2cc(Cc3ccc(C4CC4)cc3)c3c(Cl)cc(F)cc32)[C@H](O)C(O)[C@@H]1O.